The molecule has 3 aromatic rings. The third-order valence-electron chi connectivity index (χ3n) is 3.69. The summed E-state index contributed by atoms with van der Waals surface area (Å²) in [5.74, 6) is 0.433. The van der Waals surface area contributed by atoms with Crippen molar-refractivity contribution in [3.05, 3.63) is 66.0 Å². The summed E-state index contributed by atoms with van der Waals surface area (Å²) in [6.45, 7) is 5.72. The van der Waals surface area contributed by atoms with Gasteiger partial charge in [0.2, 0.25) is 0 Å². The molecule has 1 N–H and O–H groups in total. The van der Waals surface area contributed by atoms with Gasteiger partial charge in [-0.05, 0) is 73.2 Å². The second kappa shape index (κ2) is 8.22. The fraction of sp³-hybridized carbons (Fsp3) is 0.211. The van der Waals surface area contributed by atoms with Crippen molar-refractivity contribution in [3.8, 4) is 11.4 Å². The van der Waals surface area contributed by atoms with E-state index < -0.39 is 0 Å². The van der Waals surface area contributed by atoms with Crippen LogP contribution in [0.5, 0.6) is 5.75 Å². The lowest BCUT2D eigenvalue weighted by Gasteiger charge is -2.09. The summed E-state index contributed by atoms with van der Waals surface area (Å²) < 4.78 is 7.12. The number of ether oxygens (including phenoxy) is 1. The first kappa shape index (κ1) is 18.2. The van der Waals surface area contributed by atoms with Gasteiger partial charge in [-0.1, -0.05) is 12.1 Å². The van der Waals surface area contributed by atoms with Crippen molar-refractivity contribution in [2.45, 2.75) is 26.9 Å². The molecule has 138 valence electrons. The van der Waals surface area contributed by atoms with Gasteiger partial charge in [-0.15, -0.1) is 5.10 Å². The standard InChI is InChI=1S/C19H20N6O2/c1-13(2)27-18-9-7-15(8-10-18)19(26)22-21-14(3)16-5-4-6-17(11-16)25-12-20-23-24-25/h4-13H,1-3H3,(H,22,26)/b21-14-. The molecule has 2 aromatic carbocycles. The number of rotatable bonds is 6. The van der Waals surface area contributed by atoms with Crippen LogP contribution in [0, 0.1) is 0 Å². The first-order chi connectivity index (χ1) is 13.0. The molecule has 1 heterocycles. The maximum Gasteiger partial charge on any atom is 0.271 e. The smallest absolute Gasteiger partial charge is 0.271 e. The number of hydrazone groups is 1. The lowest BCUT2D eigenvalue weighted by molar-refractivity contribution is 0.0955. The molecule has 0 aliphatic heterocycles. The van der Waals surface area contributed by atoms with Crippen LogP contribution >= 0.6 is 0 Å². The highest BCUT2D eigenvalue weighted by molar-refractivity contribution is 6.01. The van der Waals surface area contributed by atoms with Gasteiger partial charge in [0.05, 0.1) is 17.5 Å². The van der Waals surface area contributed by atoms with E-state index >= 15 is 0 Å². The average molecular weight is 364 g/mol. The number of nitrogens with zero attached hydrogens (tertiary/aromatic N) is 5. The maximum atomic E-state index is 12.3. The van der Waals surface area contributed by atoms with Crippen molar-refractivity contribution >= 4 is 11.6 Å². The van der Waals surface area contributed by atoms with E-state index in [1.807, 2.05) is 45.0 Å². The van der Waals surface area contributed by atoms with Crippen molar-refractivity contribution in [1.82, 2.24) is 25.6 Å². The molecule has 0 fully saturated rings. The Kier molecular flexibility index (Phi) is 5.55. The fourth-order valence-corrected chi connectivity index (χ4v) is 2.37. The molecule has 0 saturated carbocycles. The molecule has 3 rings (SSSR count). The SMILES string of the molecule is C/C(=N/NC(=O)c1ccc(OC(C)C)cc1)c1cccc(-n2cnnn2)c1. The van der Waals surface area contributed by atoms with Crippen molar-refractivity contribution < 1.29 is 9.53 Å². The predicted molar refractivity (Wildman–Crippen MR) is 101 cm³/mol. The second-order valence-electron chi connectivity index (χ2n) is 6.13. The van der Waals surface area contributed by atoms with Crippen LogP contribution in [0.15, 0.2) is 60.0 Å². The number of nitrogens with one attached hydrogen (secondary N) is 1. The molecule has 0 unspecified atom stereocenters. The van der Waals surface area contributed by atoms with E-state index in [2.05, 4.69) is 26.1 Å². The highest BCUT2D eigenvalue weighted by Gasteiger charge is 2.07. The van der Waals surface area contributed by atoms with Gasteiger partial charge < -0.3 is 4.74 Å². The third-order valence-corrected chi connectivity index (χ3v) is 3.69. The van der Waals surface area contributed by atoms with Gasteiger partial charge in [-0.25, -0.2) is 10.1 Å². The van der Waals surface area contributed by atoms with Crippen LogP contribution in [0.1, 0.15) is 36.7 Å². The van der Waals surface area contributed by atoms with Crippen LogP contribution in [-0.4, -0.2) is 37.9 Å². The molecule has 0 saturated heterocycles. The molecule has 27 heavy (non-hydrogen) atoms. The van der Waals surface area contributed by atoms with Gasteiger partial charge in [0, 0.05) is 5.56 Å². The molecule has 0 bridgehead atoms. The van der Waals surface area contributed by atoms with Gasteiger partial charge in [-0.2, -0.15) is 5.10 Å². The van der Waals surface area contributed by atoms with Crippen molar-refractivity contribution in [1.29, 1.82) is 0 Å². The van der Waals surface area contributed by atoms with Gasteiger partial charge in [0.15, 0.2) is 0 Å². The zero-order valence-electron chi connectivity index (χ0n) is 15.3. The monoisotopic (exact) mass is 364 g/mol. The Morgan fingerprint density at radius 2 is 1.93 bits per heavy atom. The highest BCUT2D eigenvalue weighted by Crippen LogP contribution is 2.14. The molecule has 0 atom stereocenters. The number of aromatic nitrogens is 4. The third kappa shape index (κ3) is 4.75. The van der Waals surface area contributed by atoms with Gasteiger partial charge in [-0.3, -0.25) is 4.79 Å². The molecular weight excluding hydrogens is 344 g/mol. The summed E-state index contributed by atoms with van der Waals surface area (Å²) >= 11 is 0. The van der Waals surface area contributed by atoms with Crippen molar-refractivity contribution in [3.63, 3.8) is 0 Å². The van der Waals surface area contributed by atoms with Crippen LogP contribution in [0.25, 0.3) is 5.69 Å². The Morgan fingerprint density at radius 1 is 1.15 bits per heavy atom. The number of amides is 1. The lowest BCUT2D eigenvalue weighted by atomic mass is 10.1. The number of hydrogen-bond donors (Lipinski definition) is 1. The quantitative estimate of drug-likeness (QED) is 0.536. The summed E-state index contributed by atoms with van der Waals surface area (Å²) in [6.07, 6.45) is 1.60. The Labute approximate surface area is 156 Å². The number of hydrogen-bond acceptors (Lipinski definition) is 6. The van der Waals surface area contributed by atoms with E-state index in [1.54, 1.807) is 28.9 Å². The van der Waals surface area contributed by atoms with Gasteiger partial charge in [0.25, 0.3) is 5.91 Å². The molecule has 1 aromatic heterocycles. The number of tetrazole rings is 1. The molecular formula is C19H20N6O2. The molecule has 8 heteroatoms. The maximum absolute atomic E-state index is 12.3. The lowest BCUT2D eigenvalue weighted by Crippen LogP contribution is -2.19. The molecule has 0 aliphatic carbocycles. The zero-order valence-corrected chi connectivity index (χ0v) is 15.3. The van der Waals surface area contributed by atoms with E-state index in [0.717, 1.165) is 17.0 Å². The van der Waals surface area contributed by atoms with Crippen LogP contribution in [0.4, 0.5) is 0 Å². The predicted octanol–water partition coefficient (Wildman–Crippen LogP) is 2.60. The Bertz CT molecular complexity index is 933. The summed E-state index contributed by atoms with van der Waals surface area (Å²) in [6, 6.07) is 14.5. The Hall–Kier alpha value is -3.55. The Morgan fingerprint density at radius 3 is 2.59 bits per heavy atom. The summed E-state index contributed by atoms with van der Waals surface area (Å²) in [7, 11) is 0. The van der Waals surface area contributed by atoms with Gasteiger partial charge >= 0.3 is 0 Å². The minimum Gasteiger partial charge on any atom is -0.491 e. The molecule has 8 nitrogen and oxygen atoms in total. The average Bonchev–Trinajstić information content (AvgIpc) is 3.21. The molecule has 0 aliphatic rings. The number of benzene rings is 2. The molecule has 1 amide bonds. The van der Waals surface area contributed by atoms with Crippen LogP contribution < -0.4 is 10.2 Å². The van der Waals surface area contributed by atoms with E-state index in [9.17, 15) is 4.79 Å². The van der Waals surface area contributed by atoms with Crippen molar-refractivity contribution in [2.75, 3.05) is 0 Å². The molecule has 0 radical (unpaired) electrons. The topological polar surface area (TPSA) is 94.3 Å². The van der Waals surface area contributed by atoms with Crippen LogP contribution in [-0.2, 0) is 0 Å². The normalized spacial score (nSPS) is 11.5. The van der Waals surface area contributed by atoms with E-state index in [4.69, 9.17) is 4.74 Å². The number of carbonyl (C=O) groups is 1. The highest BCUT2D eigenvalue weighted by atomic mass is 16.5. The van der Waals surface area contributed by atoms with Crippen molar-refractivity contribution in [2.24, 2.45) is 5.10 Å². The van der Waals surface area contributed by atoms with Gasteiger partial charge in [0.1, 0.15) is 12.1 Å². The zero-order chi connectivity index (χ0) is 19.2. The Balaban J connectivity index is 1.68. The minimum atomic E-state index is -0.290. The van der Waals surface area contributed by atoms with Crippen LogP contribution in [0.3, 0.4) is 0 Å². The van der Waals surface area contributed by atoms with E-state index in [1.165, 1.54) is 6.33 Å². The van der Waals surface area contributed by atoms with E-state index in [-0.39, 0.29) is 12.0 Å². The largest absolute Gasteiger partial charge is 0.491 e. The summed E-state index contributed by atoms with van der Waals surface area (Å²) in [4.78, 5) is 12.3. The summed E-state index contributed by atoms with van der Waals surface area (Å²) in [5, 5.41) is 15.3. The van der Waals surface area contributed by atoms with E-state index in [0.29, 0.717) is 11.3 Å². The second-order valence-corrected chi connectivity index (χ2v) is 6.13. The minimum absolute atomic E-state index is 0.0843. The first-order valence-electron chi connectivity index (χ1n) is 8.48. The fourth-order valence-electron chi connectivity index (χ4n) is 2.37. The number of carbonyl (C=O) groups excluding carboxylic acids is 1. The summed E-state index contributed by atoms with van der Waals surface area (Å²) in [5.41, 5.74) is 5.40. The first-order valence-corrected chi connectivity index (χ1v) is 8.48. The van der Waals surface area contributed by atoms with Crippen LogP contribution in [0.2, 0.25) is 0 Å². The molecule has 0 spiro atoms.